The number of nitrogens with two attached hydrogens (primary N) is 1. The second-order valence-corrected chi connectivity index (χ2v) is 9.00. The molecule has 164 valence electrons. The van der Waals surface area contributed by atoms with Gasteiger partial charge in [-0.3, -0.25) is 9.30 Å². The summed E-state index contributed by atoms with van der Waals surface area (Å²) in [6.07, 6.45) is 5.44. The topological polar surface area (TPSA) is 81.6 Å². The van der Waals surface area contributed by atoms with Gasteiger partial charge in [-0.05, 0) is 48.9 Å². The van der Waals surface area contributed by atoms with Gasteiger partial charge in [-0.1, -0.05) is 12.1 Å². The van der Waals surface area contributed by atoms with Gasteiger partial charge in [-0.15, -0.1) is 10.2 Å². The maximum absolute atomic E-state index is 14.1. The minimum Gasteiger partial charge on any atom is -0.491 e. The van der Waals surface area contributed by atoms with Crippen LogP contribution in [0.3, 0.4) is 0 Å². The Morgan fingerprint density at radius 3 is 2.81 bits per heavy atom. The zero-order valence-corrected chi connectivity index (χ0v) is 17.7. The van der Waals surface area contributed by atoms with Gasteiger partial charge in [0.25, 0.3) is 0 Å². The fourth-order valence-corrected chi connectivity index (χ4v) is 4.36. The number of hydrogen-bond acceptors (Lipinski definition) is 6. The summed E-state index contributed by atoms with van der Waals surface area (Å²) in [4.78, 5) is 7.17. The summed E-state index contributed by atoms with van der Waals surface area (Å²) in [5.41, 5.74) is 9.30. The van der Waals surface area contributed by atoms with Crippen molar-refractivity contribution >= 4 is 16.6 Å². The van der Waals surface area contributed by atoms with Crippen LogP contribution in [0.25, 0.3) is 28.1 Å². The summed E-state index contributed by atoms with van der Waals surface area (Å²) in [5.74, 6) is 1.38. The predicted molar refractivity (Wildman–Crippen MR) is 120 cm³/mol. The molecule has 0 spiro atoms. The lowest BCUT2D eigenvalue weighted by molar-refractivity contribution is 0.301. The first-order chi connectivity index (χ1) is 15.6. The summed E-state index contributed by atoms with van der Waals surface area (Å²) in [7, 11) is 0. The molecule has 0 radical (unpaired) electrons. The van der Waals surface area contributed by atoms with Crippen molar-refractivity contribution in [3.05, 3.63) is 54.0 Å². The van der Waals surface area contributed by atoms with E-state index < -0.39 is 0 Å². The number of aromatic nitrogens is 4. The summed E-state index contributed by atoms with van der Waals surface area (Å²) >= 11 is 0. The molecule has 1 saturated heterocycles. The maximum atomic E-state index is 14.1. The number of fused-ring (bicyclic) bond motifs is 2. The van der Waals surface area contributed by atoms with E-state index in [4.69, 9.17) is 15.5 Å². The molecule has 1 saturated carbocycles. The Bertz CT molecular complexity index is 1300. The van der Waals surface area contributed by atoms with Crippen molar-refractivity contribution in [2.75, 3.05) is 19.7 Å². The van der Waals surface area contributed by atoms with Crippen LogP contribution >= 0.6 is 0 Å². The van der Waals surface area contributed by atoms with Crippen LogP contribution in [-0.2, 0) is 6.54 Å². The van der Waals surface area contributed by atoms with Crippen LogP contribution in [0.5, 0.6) is 5.75 Å². The number of halogens is 1. The van der Waals surface area contributed by atoms with E-state index in [9.17, 15) is 4.39 Å². The second-order valence-electron chi connectivity index (χ2n) is 9.00. The van der Waals surface area contributed by atoms with E-state index in [0.29, 0.717) is 40.7 Å². The van der Waals surface area contributed by atoms with E-state index in [0.717, 1.165) is 31.7 Å². The fourth-order valence-electron chi connectivity index (χ4n) is 4.36. The molecule has 0 amide bonds. The van der Waals surface area contributed by atoms with Gasteiger partial charge < -0.3 is 10.5 Å². The summed E-state index contributed by atoms with van der Waals surface area (Å²) < 4.78 is 22.0. The molecule has 8 heteroatoms. The van der Waals surface area contributed by atoms with Gasteiger partial charge in [0.15, 0.2) is 11.5 Å². The lowest BCUT2D eigenvalue weighted by Gasteiger charge is -2.15. The molecule has 7 nitrogen and oxygen atoms in total. The number of hydrogen-bond donors (Lipinski definition) is 1. The highest BCUT2D eigenvalue weighted by atomic mass is 19.1. The molecule has 2 N–H and O–H groups in total. The Labute approximate surface area is 185 Å². The first-order valence-electron chi connectivity index (χ1n) is 11.2. The van der Waals surface area contributed by atoms with Crippen LogP contribution in [0, 0.1) is 11.7 Å². The Morgan fingerprint density at radius 2 is 2.00 bits per heavy atom. The monoisotopic (exact) mass is 432 g/mol. The van der Waals surface area contributed by atoms with Gasteiger partial charge in [0, 0.05) is 43.3 Å². The minimum absolute atomic E-state index is 0.257. The third kappa shape index (κ3) is 3.80. The SMILES string of the molecule is NC1CCN(Cc2ccc3nnc(-c4ccc5cc(F)cc(OCC6CC6)c5n4)n3c2)C1. The highest BCUT2D eigenvalue weighted by molar-refractivity contribution is 5.86. The lowest BCUT2D eigenvalue weighted by atomic mass is 10.1. The van der Waals surface area contributed by atoms with Crippen LogP contribution in [0.15, 0.2) is 42.6 Å². The predicted octanol–water partition coefficient (Wildman–Crippen LogP) is 3.41. The van der Waals surface area contributed by atoms with Crippen molar-refractivity contribution in [3.8, 4) is 17.3 Å². The molecular formula is C24H25FN6O. The zero-order valence-electron chi connectivity index (χ0n) is 17.7. The highest BCUT2D eigenvalue weighted by Crippen LogP contribution is 2.33. The Kier molecular flexibility index (Phi) is 4.77. The highest BCUT2D eigenvalue weighted by Gasteiger charge is 2.23. The largest absolute Gasteiger partial charge is 0.491 e. The number of pyridine rings is 2. The molecule has 1 aliphatic heterocycles. The molecule has 4 aromatic rings. The fraction of sp³-hybridized carbons (Fsp3) is 0.375. The van der Waals surface area contributed by atoms with E-state index in [1.807, 2.05) is 22.6 Å². The molecule has 1 aliphatic carbocycles. The zero-order chi connectivity index (χ0) is 21.7. The Morgan fingerprint density at radius 1 is 1.09 bits per heavy atom. The third-order valence-electron chi connectivity index (χ3n) is 6.30. The van der Waals surface area contributed by atoms with Crippen molar-refractivity contribution in [2.45, 2.75) is 31.8 Å². The number of likely N-dealkylation sites (tertiary alicyclic amines) is 1. The van der Waals surface area contributed by atoms with E-state index in [-0.39, 0.29) is 11.9 Å². The first-order valence-corrected chi connectivity index (χ1v) is 11.2. The molecule has 4 heterocycles. The van der Waals surface area contributed by atoms with Gasteiger partial charge in [-0.2, -0.15) is 0 Å². The normalized spacial score (nSPS) is 19.2. The van der Waals surface area contributed by atoms with Crippen LogP contribution in [0.4, 0.5) is 4.39 Å². The van der Waals surface area contributed by atoms with E-state index in [1.54, 1.807) is 0 Å². The molecule has 32 heavy (non-hydrogen) atoms. The third-order valence-corrected chi connectivity index (χ3v) is 6.30. The number of benzene rings is 1. The Hall–Kier alpha value is -3.10. The van der Waals surface area contributed by atoms with Crippen LogP contribution in [0.1, 0.15) is 24.8 Å². The van der Waals surface area contributed by atoms with Crippen LogP contribution < -0.4 is 10.5 Å². The molecule has 0 bridgehead atoms. The van der Waals surface area contributed by atoms with Crippen molar-refractivity contribution in [1.29, 1.82) is 0 Å². The number of rotatable bonds is 6. The van der Waals surface area contributed by atoms with Crippen molar-refractivity contribution in [3.63, 3.8) is 0 Å². The molecule has 2 fully saturated rings. The number of ether oxygens (including phenoxy) is 1. The van der Waals surface area contributed by atoms with E-state index in [1.165, 1.54) is 30.5 Å². The molecule has 3 aromatic heterocycles. The number of nitrogens with zero attached hydrogens (tertiary/aromatic N) is 5. The van der Waals surface area contributed by atoms with E-state index >= 15 is 0 Å². The quantitative estimate of drug-likeness (QED) is 0.503. The molecule has 1 aromatic carbocycles. The van der Waals surface area contributed by atoms with Crippen molar-refractivity contribution < 1.29 is 9.13 Å². The summed E-state index contributed by atoms with van der Waals surface area (Å²) in [5, 5.41) is 9.41. The van der Waals surface area contributed by atoms with Gasteiger partial charge >= 0.3 is 0 Å². The van der Waals surface area contributed by atoms with Crippen LogP contribution in [-0.4, -0.2) is 50.2 Å². The van der Waals surface area contributed by atoms with Gasteiger partial charge in [-0.25, -0.2) is 9.37 Å². The minimum atomic E-state index is -0.322. The average Bonchev–Trinajstić information content (AvgIpc) is 3.39. The second kappa shape index (κ2) is 7.79. The van der Waals surface area contributed by atoms with Crippen molar-refractivity contribution in [2.24, 2.45) is 11.7 Å². The first kappa shape index (κ1) is 19.6. The standard InChI is InChI=1S/C24H25FN6O/c25-18-9-17-4-5-20(27-23(17)21(10-18)32-14-15-1-2-15)24-29-28-22-6-3-16(12-31(22)24)11-30-8-7-19(26)13-30/h3-6,9-10,12,15,19H,1-2,7-8,11,13-14,26H2. The molecule has 1 unspecified atom stereocenters. The molecule has 6 rings (SSSR count). The maximum Gasteiger partial charge on any atom is 0.187 e. The molecule has 2 aliphatic rings. The van der Waals surface area contributed by atoms with Crippen molar-refractivity contribution in [1.82, 2.24) is 24.5 Å². The summed E-state index contributed by atoms with van der Waals surface area (Å²) in [6, 6.07) is 10.9. The average molecular weight is 433 g/mol. The Balaban J connectivity index is 1.36. The van der Waals surface area contributed by atoms with E-state index in [2.05, 4.69) is 27.4 Å². The smallest absolute Gasteiger partial charge is 0.187 e. The van der Waals surface area contributed by atoms with Gasteiger partial charge in [0.1, 0.15) is 22.8 Å². The lowest BCUT2D eigenvalue weighted by Crippen LogP contribution is -2.26. The van der Waals surface area contributed by atoms with Gasteiger partial charge in [0.05, 0.1) is 6.61 Å². The van der Waals surface area contributed by atoms with Crippen LogP contribution in [0.2, 0.25) is 0 Å². The van der Waals surface area contributed by atoms with Gasteiger partial charge in [0.2, 0.25) is 0 Å². The molecular weight excluding hydrogens is 407 g/mol. The molecule has 1 atom stereocenters. The summed E-state index contributed by atoms with van der Waals surface area (Å²) in [6.45, 7) is 3.37.